The van der Waals surface area contributed by atoms with Gasteiger partial charge in [-0.2, -0.15) is 0 Å². The Bertz CT molecular complexity index is 490. The van der Waals surface area contributed by atoms with Crippen LogP contribution in [-0.4, -0.2) is 23.4 Å². The predicted molar refractivity (Wildman–Crippen MR) is 82.3 cm³/mol. The van der Waals surface area contributed by atoms with E-state index in [1.807, 2.05) is 11.8 Å². The van der Waals surface area contributed by atoms with Crippen molar-refractivity contribution in [2.75, 3.05) is 6.54 Å². The summed E-state index contributed by atoms with van der Waals surface area (Å²) >= 11 is 0. The van der Waals surface area contributed by atoms with E-state index in [9.17, 15) is 4.79 Å². The van der Waals surface area contributed by atoms with Gasteiger partial charge >= 0.3 is 0 Å². The van der Waals surface area contributed by atoms with Gasteiger partial charge in [0.15, 0.2) is 0 Å². The van der Waals surface area contributed by atoms with Gasteiger partial charge in [0.05, 0.1) is 6.04 Å². The number of aryl methyl sites for hydroxylation is 1. The van der Waals surface area contributed by atoms with Gasteiger partial charge in [0.1, 0.15) is 6.17 Å². The van der Waals surface area contributed by atoms with Crippen molar-refractivity contribution in [1.29, 1.82) is 0 Å². The van der Waals surface area contributed by atoms with Crippen LogP contribution >= 0.6 is 0 Å². The summed E-state index contributed by atoms with van der Waals surface area (Å²) in [6.45, 7) is 11.5. The van der Waals surface area contributed by atoms with Gasteiger partial charge in [0, 0.05) is 6.54 Å². The molecule has 2 atom stereocenters. The second-order valence-electron chi connectivity index (χ2n) is 7.05. The molecule has 1 aliphatic rings. The van der Waals surface area contributed by atoms with Crippen LogP contribution < -0.4 is 5.32 Å². The second-order valence-corrected chi connectivity index (χ2v) is 7.05. The maximum Gasteiger partial charge on any atom is 0.241 e. The molecule has 0 saturated carbocycles. The highest BCUT2D eigenvalue weighted by Crippen LogP contribution is 2.28. The van der Waals surface area contributed by atoms with Crippen molar-refractivity contribution in [2.45, 2.75) is 53.2 Å². The molecule has 1 aromatic rings. The summed E-state index contributed by atoms with van der Waals surface area (Å²) in [4.78, 5) is 14.3. The lowest BCUT2D eigenvalue weighted by Crippen LogP contribution is -2.33. The van der Waals surface area contributed by atoms with Crippen molar-refractivity contribution in [2.24, 2.45) is 5.41 Å². The maximum absolute atomic E-state index is 12.4. The average molecular weight is 274 g/mol. The molecular weight excluding hydrogens is 248 g/mol. The smallest absolute Gasteiger partial charge is 0.241 e. The number of nitrogens with zero attached hydrogens (tertiary/aromatic N) is 1. The van der Waals surface area contributed by atoms with Gasteiger partial charge < -0.3 is 4.90 Å². The number of nitrogens with one attached hydrogen (secondary N) is 1. The number of hydrogen-bond donors (Lipinski definition) is 1. The Morgan fingerprint density at radius 2 is 2.00 bits per heavy atom. The summed E-state index contributed by atoms with van der Waals surface area (Å²) in [6, 6.07) is 8.30. The Kier molecular flexibility index (Phi) is 4.19. The summed E-state index contributed by atoms with van der Waals surface area (Å²) < 4.78 is 0. The number of benzene rings is 1. The first-order valence-electron chi connectivity index (χ1n) is 7.41. The zero-order valence-electron chi connectivity index (χ0n) is 13.2. The van der Waals surface area contributed by atoms with Gasteiger partial charge in [-0.05, 0) is 31.2 Å². The fourth-order valence-electron chi connectivity index (χ4n) is 2.59. The maximum atomic E-state index is 12.4. The Hall–Kier alpha value is -1.35. The highest BCUT2D eigenvalue weighted by Gasteiger charge is 2.37. The first kappa shape index (κ1) is 15.0. The molecule has 1 saturated heterocycles. The van der Waals surface area contributed by atoms with Gasteiger partial charge in [-0.25, -0.2) is 0 Å². The molecule has 2 unspecified atom stereocenters. The molecule has 1 aromatic carbocycles. The van der Waals surface area contributed by atoms with Crippen LogP contribution in [0.4, 0.5) is 0 Å². The third-order valence-electron chi connectivity index (χ3n) is 3.83. The third-order valence-corrected chi connectivity index (χ3v) is 3.83. The summed E-state index contributed by atoms with van der Waals surface area (Å²) in [6.07, 6.45) is 1.02. The summed E-state index contributed by atoms with van der Waals surface area (Å²) in [7, 11) is 0. The van der Waals surface area contributed by atoms with E-state index in [1.54, 1.807) is 0 Å². The molecule has 0 aromatic heterocycles. The van der Waals surface area contributed by atoms with Crippen LogP contribution in [0.15, 0.2) is 24.3 Å². The van der Waals surface area contributed by atoms with E-state index in [0.29, 0.717) is 0 Å². The minimum atomic E-state index is -0.0968. The lowest BCUT2D eigenvalue weighted by molar-refractivity contribution is -0.130. The zero-order chi connectivity index (χ0) is 14.9. The van der Waals surface area contributed by atoms with Crippen molar-refractivity contribution in [3.8, 4) is 0 Å². The van der Waals surface area contributed by atoms with Crippen LogP contribution in [0.1, 0.15) is 51.4 Å². The monoisotopic (exact) mass is 274 g/mol. The van der Waals surface area contributed by atoms with Gasteiger partial charge in [-0.3, -0.25) is 10.1 Å². The molecule has 1 aliphatic heterocycles. The SMILES string of the molecule is Cc1cccc(C2NC(C)C(=O)N2CCC(C)(C)C)c1. The van der Waals surface area contributed by atoms with Crippen LogP contribution in [0.3, 0.4) is 0 Å². The number of carbonyl (C=O) groups excluding carboxylic acids is 1. The fourth-order valence-corrected chi connectivity index (χ4v) is 2.59. The van der Waals surface area contributed by atoms with Crippen molar-refractivity contribution in [3.05, 3.63) is 35.4 Å². The van der Waals surface area contributed by atoms with Gasteiger partial charge in [-0.15, -0.1) is 0 Å². The Balaban J connectivity index is 2.19. The van der Waals surface area contributed by atoms with Gasteiger partial charge in [0.25, 0.3) is 0 Å². The second kappa shape index (κ2) is 5.57. The molecule has 1 fully saturated rings. The van der Waals surface area contributed by atoms with E-state index in [1.165, 1.54) is 11.1 Å². The molecule has 3 nitrogen and oxygen atoms in total. The minimum absolute atomic E-state index is 0.0137. The lowest BCUT2D eigenvalue weighted by atomic mass is 9.92. The van der Waals surface area contributed by atoms with Crippen LogP contribution in [0.5, 0.6) is 0 Å². The Morgan fingerprint density at radius 3 is 2.60 bits per heavy atom. The normalized spacial score (nSPS) is 23.4. The largest absolute Gasteiger partial charge is 0.322 e. The van der Waals surface area contributed by atoms with Crippen molar-refractivity contribution in [3.63, 3.8) is 0 Å². The van der Waals surface area contributed by atoms with Crippen LogP contribution in [0.2, 0.25) is 0 Å². The Labute approximate surface area is 122 Å². The third kappa shape index (κ3) is 3.40. The molecule has 1 heterocycles. The summed E-state index contributed by atoms with van der Waals surface area (Å²) in [5, 5.41) is 3.41. The summed E-state index contributed by atoms with van der Waals surface area (Å²) in [5.74, 6) is 0.209. The first-order valence-corrected chi connectivity index (χ1v) is 7.41. The van der Waals surface area contributed by atoms with E-state index in [0.717, 1.165) is 13.0 Å². The molecule has 2 rings (SSSR count). The van der Waals surface area contributed by atoms with E-state index in [-0.39, 0.29) is 23.5 Å². The van der Waals surface area contributed by atoms with E-state index < -0.39 is 0 Å². The number of amides is 1. The van der Waals surface area contributed by atoms with Crippen LogP contribution in [0.25, 0.3) is 0 Å². The van der Waals surface area contributed by atoms with Crippen molar-refractivity contribution < 1.29 is 4.79 Å². The minimum Gasteiger partial charge on any atom is -0.322 e. The number of hydrogen-bond acceptors (Lipinski definition) is 2. The Morgan fingerprint density at radius 1 is 1.30 bits per heavy atom. The molecule has 0 aliphatic carbocycles. The van der Waals surface area contributed by atoms with Crippen molar-refractivity contribution >= 4 is 5.91 Å². The molecule has 1 amide bonds. The first-order chi connectivity index (χ1) is 9.28. The van der Waals surface area contributed by atoms with Crippen LogP contribution in [-0.2, 0) is 4.79 Å². The van der Waals surface area contributed by atoms with Gasteiger partial charge in [0.2, 0.25) is 5.91 Å². The summed E-state index contributed by atoms with van der Waals surface area (Å²) in [5.41, 5.74) is 2.65. The highest BCUT2D eigenvalue weighted by atomic mass is 16.2. The predicted octanol–water partition coefficient (Wildman–Crippen LogP) is 3.25. The molecule has 110 valence electrons. The van der Waals surface area contributed by atoms with E-state index in [2.05, 4.69) is 57.3 Å². The lowest BCUT2D eigenvalue weighted by Gasteiger charge is -2.28. The fraction of sp³-hybridized carbons (Fsp3) is 0.588. The molecule has 20 heavy (non-hydrogen) atoms. The van der Waals surface area contributed by atoms with E-state index >= 15 is 0 Å². The molecule has 0 spiro atoms. The number of rotatable bonds is 3. The molecular formula is C17H26N2O. The molecule has 0 bridgehead atoms. The standard InChI is InChI=1S/C17H26N2O/c1-12-7-6-8-14(11-12)15-18-13(2)16(20)19(15)10-9-17(3,4)5/h6-8,11,13,15,18H,9-10H2,1-5H3. The van der Waals surface area contributed by atoms with Crippen LogP contribution in [0, 0.1) is 12.3 Å². The zero-order valence-corrected chi connectivity index (χ0v) is 13.2. The molecule has 0 radical (unpaired) electrons. The molecule has 1 N–H and O–H groups in total. The molecule has 3 heteroatoms. The highest BCUT2D eigenvalue weighted by molar-refractivity contribution is 5.84. The van der Waals surface area contributed by atoms with Gasteiger partial charge in [-0.1, -0.05) is 50.6 Å². The topological polar surface area (TPSA) is 32.3 Å². The quantitative estimate of drug-likeness (QED) is 0.917. The average Bonchev–Trinajstić information content (AvgIpc) is 2.62. The number of carbonyl (C=O) groups is 1. The van der Waals surface area contributed by atoms with E-state index in [4.69, 9.17) is 0 Å². The van der Waals surface area contributed by atoms with Crippen molar-refractivity contribution in [1.82, 2.24) is 10.2 Å².